The van der Waals surface area contributed by atoms with Crippen molar-refractivity contribution >= 4 is 33.2 Å². The summed E-state index contributed by atoms with van der Waals surface area (Å²) in [6.45, 7) is 2.54. The summed E-state index contributed by atoms with van der Waals surface area (Å²) in [5.41, 5.74) is 3.56. The highest BCUT2D eigenvalue weighted by Gasteiger charge is 2.21. The van der Waals surface area contributed by atoms with Crippen molar-refractivity contribution in [1.82, 2.24) is 10.2 Å². The first-order valence-electron chi connectivity index (χ1n) is 12.8. The van der Waals surface area contributed by atoms with Crippen molar-refractivity contribution in [2.45, 2.75) is 11.8 Å². The lowest BCUT2D eigenvalue weighted by molar-refractivity contribution is 0.0827. The molecule has 1 aromatic heterocycles. The first-order chi connectivity index (χ1) is 19.6. The summed E-state index contributed by atoms with van der Waals surface area (Å²) in [5.74, 6) is -0.00405. The zero-order chi connectivity index (χ0) is 29.6. The van der Waals surface area contributed by atoms with E-state index in [9.17, 15) is 18.0 Å². The van der Waals surface area contributed by atoms with Crippen molar-refractivity contribution in [2.75, 3.05) is 44.3 Å². The molecule has 0 aliphatic rings. The van der Waals surface area contributed by atoms with E-state index in [0.717, 1.165) is 5.56 Å². The predicted octanol–water partition coefficient (Wildman–Crippen LogP) is 4.61. The second-order valence-corrected chi connectivity index (χ2v) is 11.1. The van der Waals surface area contributed by atoms with Crippen LogP contribution in [0.15, 0.2) is 88.4 Å². The van der Waals surface area contributed by atoms with Gasteiger partial charge in [-0.05, 0) is 66.6 Å². The molecule has 0 aliphatic heterocycles. The Bertz CT molecular complexity index is 1660. The number of sulfonamides is 1. The van der Waals surface area contributed by atoms with Crippen LogP contribution in [0.4, 0.5) is 11.4 Å². The second-order valence-electron chi connectivity index (χ2n) is 9.45. The molecule has 0 saturated heterocycles. The van der Waals surface area contributed by atoms with Gasteiger partial charge in [0, 0.05) is 44.0 Å². The van der Waals surface area contributed by atoms with Gasteiger partial charge in [-0.2, -0.15) is 0 Å². The van der Waals surface area contributed by atoms with Crippen LogP contribution in [0, 0.1) is 6.92 Å². The van der Waals surface area contributed by atoms with E-state index in [2.05, 4.69) is 15.4 Å². The van der Waals surface area contributed by atoms with Crippen LogP contribution in [0.1, 0.15) is 26.5 Å². The van der Waals surface area contributed by atoms with Gasteiger partial charge in [-0.1, -0.05) is 24.3 Å². The Morgan fingerprint density at radius 2 is 1.63 bits per heavy atom. The van der Waals surface area contributed by atoms with Crippen LogP contribution in [0.2, 0.25) is 0 Å². The van der Waals surface area contributed by atoms with E-state index in [1.54, 1.807) is 81.7 Å². The summed E-state index contributed by atoms with van der Waals surface area (Å²) in [4.78, 5) is 26.1. The SMILES string of the molecule is COc1ccc(-c2cccc(C(=O)N(C)C)c2)cc1S(=O)(=O)Nc1cccc(NCCNC(=O)c2occc2C)c1. The fraction of sp³-hybridized carbons (Fsp3) is 0.200. The van der Waals surface area contributed by atoms with Crippen molar-refractivity contribution in [3.8, 4) is 16.9 Å². The van der Waals surface area contributed by atoms with Crippen molar-refractivity contribution in [3.05, 3.63) is 95.9 Å². The number of nitrogens with one attached hydrogen (secondary N) is 3. The van der Waals surface area contributed by atoms with Gasteiger partial charge in [0.25, 0.3) is 21.8 Å². The van der Waals surface area contributed by atoms with Gasteiger partial charge in [0.15, 0.2) is 5.76 Å². The van der Waals surface area contributed by atoms with E-state index in [4.69, 9.17) is 9.15 Å². The van der Waals surface area contributed by atoms with Crippen LogP contribution in [0.25, 0.3) is 11.1 Å². The van der Waals surface area contributed by atoms with E-state index in [-0.39, 0.29) is 28.2 Å². The summed E-state index contributed by atoms with van der Waals surface area (Å²) in [5, 5.41) is 5.94. The number of anilines is 2. The molecule has 10 nitrogen and oxygen atoms in total. The summed E-state index contributed by atoms with van der Waals surface area (Å²) in [6.07, 6.45) is 1.47. The number of amides is 2. The van der Waals surface area contributed by atoms with Crippen LogP contribution in [-0.4, -0.2) is 59.4 Å². The Balaban J connectivity index is 1.48. The average Bonchev–Trinajstić information content (AvgIpc) is 3.40. The van der Waals surface area contributed by atoms with Gasteiger partial charge in [-0.25, -0.2) is 8.42 Å². The molecule has 4 aromatic rings. The zero-order valence-corrected chi connectivity index (χ0v) is 24.0. The third-order valence-electron chi connectivity index (χ3n) is 6.22. The number of furan rings is 1. The number of aryl methyl sites for hydroxylation is 1. The van der Waals surface area contributed by atoms with Gasteiger partial charge >= 0.3 is 0 Å². The highest BCUT2D eigenvalue weighted by atomic mass is 32.2. The Kier molecular flexibility index (Phi) is 8.98. The van der Waals surface area contributed by atoms with Crippen molar-refractivity contribution < 1.29 is 27.2 Å². The Morgan fingerprint density at radius 1 is 0.902 bits per heavy atom. The highest BCUT2D eigenvalue weighted by molar-refractivity contribution is 7.92. The van der Waals surface area contributed by atoms with E-state index >= 15 is 0 Å². The summed E-state index contributed by atoms with van der Waals surface area (Å²) in [6, 6.07) is 20.4. The number of carbonyl (C=O) groups is 2. The minimum Gasteiger partial charge on any atom is -0.495 e. The molecule has 4 rings (SSSR count). The van der Waals surface area contributed by atoms with Crippen LogP contribution in [0.5, 0.6) is 5.75 Å². The second kappa shape index (κ2) is 12.6. The quantitative estimate of drug-likeness (QED) is 0.222. The third-order valence-corrected chi connectivity index (χ3v) is 7.63. The van der Waals surface area contributed by atoms with Gasteiger partial charge in [0.05, 0.1) is 19.1 Å². The minimum absolute atomic E-state index is 0.0452. The maximum atomic E-state index is 13.5. The van der Waals surface area contributed by atoms with E-state index in [0.29, 0.717) is 41.2 Å². The number of carbonyl (C=O) groups excluding carboxylic acids is 2. The smallest absolute Gasteiger partial charge is 0.287 e. The maximum absolute atomic E-state index is 13.5. The number of methoxy groups -OCH3 is 1. The van der Waals surface area contributed by atoms with Crippen LogP contribution >= 0.6 is 0 Å². The molecule has 3 N–H and O–H groups in total. The molecule has 41 heavy (non-hydrogen) atoms. The number of benzene rings is 3. The Hall–Kier alpha value is -4.77. The molecule has 3 aromatic carbocycles. The van der Waals surface area contributed by atoms with Crippen LogP contribution in [-0.2, 0) is 10.0 Å². The molecule has 2 amide bonds. The molecular weight excluding hydrogens is 544 g/mol. The van der Waals surface area contributed by atoms with Gasteiger partial charge in [0.1, 0.15) is 10.6 Å². The van der Waals surface area contributed by atoms with Crippen LogP contribution < -0.4 is 20.1 Å². The average molecular weight is 577 g/mol. The lowest BCUT2D eigenvalue weighted by Gasteiger charge is -2.15. The normalized spacial score (nSPS) is 11.0. The molecule has 1 heterocycles. The lowest BCUT2D eigenvalue weighted by atomic mass is 10.0. The van der Waals surface area contributed by atoms with Crippen molar-refractivity contribution in [1.29, 1.82) is 0 Å². The summed E-state index contributed by atoms with van der Waals surface area (Å²) in [7, 11) is 0.692. The van der Waals surface area contributed by atoms with Crippen LogP contribution in [0.3, 0.4) is 0 Å². The van der Waals surface area contributed by atoms with Crippen molar-refractivity contribution in [2.24, 2.45) is 0 Å². The Labute approximate surface area is 239 Å². The molecule has 0 bridgehead atoms. The largest absolute Gasteiger partial charge is 0.495 e. The number of hydrogen-bond acceptors (Lipinski definition) is 7. The molecular formula is C30H32N4O6S. The first-order valence-corrected chi connectivity index (χ1v) is 14.3. The minimum atomic E-state index is -4.05. The van der Waals surface area contributed by atoms with Crippen molar-refractivity contribution in [3.63, 3.8) is 0 Å². The zero-order valence-electron chi connectivity index (χ0n) is 23.2. The molecule has 0 saturated carbocycles. The Morgan fingerprint density at radius 3 is 2.34 bits per heavy atom. The van der Waals surface area contributed by atoms with Gasteiger partial charge in [-0.15, -0.1) is 0 Å². The number of hydrogen-bond donors (Lipinski definition) is 3. The monoisotopic (exact) mass is 576 g/mol. The number of nitrogens with zero attached hydrogens (tertiary/aromatic N) is 1. The predicted molar refractivity (Wildman–Crippen MR) is 158 cm³/mol. The van der Waals surface area contributed by atoms with Gasteiger partial charge < -0.3 is 24.7 Å². The topological polar surface area (TPSA) is 130 Å². The molecule has 0 unspecified atom stereocenters. The molecule has 0 radical (unpaired) electrons. The molecule has 214 valence electrons. The number of rotatable bonds is 11. The molecule has 0 fully saturated rings. The first kappa shape index (κ1) is 29.2. The van der Waals surface area contributed by atoms with E-state index in [1.165, 1.54) is 24.3 Å². The maximum Gasteiger partial charge on any atom is 0.287 e. The standard InChI is InChI=1S/C30H32N4O6S/c1-20-13-16-40-28(20)29(35)32-15-14-31-24-9-6-10-25(19-24)33-41(37,38)27-18-22(11-12-26(27)39-4)21-7-5-8-23(17-21)30(36)34(2)3/h5-13,16-19,31,33H,14-15H2,1-4H3,(H,32,35). The van der Waals surface area contributed by atoms with Gasteiger partial charge in [-0.3, -0.25) is 14.3 Å². The van der Waals surface area contributed by atoms with Gasteiger partial charge in [0.2, 0.25) is 0 Å². The lowest BCUT2D eigenvalue weighted by Crippen LogP contribution is -2.28. The van der Waals surface area contributed by atoms with E-state index < -0.39 is 10.0 Å². The summed E-state index contributed by atoms with van der Waals surface area (Å²) >= 11 is 0. The fourth-order valence-corrected chi connectivity index (χ4v) is 5.37. The summed E-state index contributed by atoms with van der Waals surface area (Å²) < 4.78 is 40.1. The molecule has 11 heteroatoms. The van der Waals surface area contributed by atoms with E-state index in [1.807, 2.05) is 6.07 Å². The fourth-order valence-electron chi connectivity index (χ4n) is 4.13. The molecule has 0 aliphatic carbocycles. The third kappa shape index (κ3) is 7.06. The highest BCUT2D eigenvalue weighted by Crippen LogP contribution is 2.32. The number of ether oxygens (including phenoxy) is 1. The molecule has 0 atom stereocenters. The molecule has 0 spiro atoms.